The maximum atomic E-state index is 6.55. The topological polar surface area (TPSA) is 36.2 Å². The lowest BCUT2D eigenvalue weighted by Crippen LogP contribution is -1.87. The highest BCUT2D eigenvalue weighted by Gasteiger charge is 1.70. The van der Waals surface area contributed by atoms with E-state index in [2.05, 4.69) is 4.99 Å². The molecule has 0 rings (SSSR count). The van der Waals surface area contributed by atoms with Crippen LogP contribution in [-0.2, 0) is 0 Å². The van der Waals surface area contributed by atoms with Crippen molar-refractivity contribution in [3.8, 4) is 0 Å². The Balaban J connectivity index is 3.50. The van der Waals surface area contributed by atoms with Gasteiger partial charge in [0.15, 0.2) is 0 Å². The predicted molar refractivity (Wildman–Crippen MR) is 27.8 cm³/mol. The van der Waals surface area contributed by atoms with E-state index in [4.69, 9.17) is 5.41 Å². The number of hydrogen-bond donors (Lipinski definition) is 1. The number of rotatable bonds is 1. The van der Waals surface area contributed by atoms with Crippen molar-refractivity contribution < 1.29 is 0 Å². The van der Waals surface area contributed by atoms with Gasteiger partial charge >= 0.3 is 0 Å². The fraction of sp³-hybridized carbons (Fsp3) is 0.500. The first kappa shape index (κ1) is 5.34. The molecule has 0 saturated carbocycles. The molecule has 0 aromatic heterocycles. The highest BCUT2D eigenvalue weighted by molar-refractivity contribution is 6.28. The molecule has 0 unspecified atom stereocenters. The van der Waals surface area contributed by atoms with Crippen LogP contribution in [0.25, 0.3) is 0 Å². The second-order valence-corrected chi connectivity index (χ2v) is 1.01. The molecule has 0 radical (unpaired) electrons. The summed E-state index contributed by atoms with van der Waals surface area (Å²) in [6.07, 6.45) is 1.22. The summed E-state index contributed by atoms with van der Waals surface area (Å²) in [5, 5.41) is 6.55. The molecule has 0 aromatic carbocycles. The van der Waals surface area contributed by atoms with Crippen molar-refractivity contribution in [2.24, 2.45) is 4.99 Å². The minimum absolute atomic E-state index is 0.759. The highest BCUT2D eigenvalue weighted by atomic mass is 14.7. The van der Waals surface area contributed by atoms with Crippen molar-refractivity contribution in [2.45, 2.75) is 6.92 Å². The van der Waals surface area contributed by atoms with Crippen LogP contribution in [0, 0.1) is 5.41 Å². The van der Waals surface area contributed by atoms with Crippen molar-refractivity contribution in [3.05, 3.63) is 0 Å². The van der Waals surface area contributed by atoms with Gasteiger partial charge in [0.25, 0.3) is 0 Å². The highest BCUT2D eigenvalue weighted by Crippen LogP contribution is 1.61. The van der Waals surface area contributed by atoms with E-state index in [1.54, 1.807) is 14.0 Å². The molecule has 0 aliphatic heterocycles. The van der Waals surface area contributed by atoms with Crippen LogP contribution in [0.1, 0.15) is 6.92 Å². The van der Waals surface area contributed by atoms with Crippen LogP contribution in [0.2, 0.25) is 0 Å². The molecule has 2 nitrogen and oxygen atoms in total. The van der Waals surface area contributed by atoms with Crippen LogP contribution in [0.5, 0.6) is 0 Å². The largest absolute Gasteiger partial charge is 0.307 e. The zero-order valence-corrected chi connectivity index (χ0v) is 4.02. The lowest BCUT2D eigenvalue weighted by molar-refractivity contribution is 1.44. The van der Waals surface area contributed by atoms with Gasteiger partial charge in [-0.2, -0.15) is 0 Å². The molecule has 0 saturated heterocycles. The van der Waals surface area contributed by atoms with Crippen LogP contribution in [0.4, 0.5) is 0 Å². The van der Waals surface area contributed by atoms with Gasteiger partial charge in [-0.15, -0.1) is 0 Å². The summed E-state index contributed by atoms with van der Waals surface area (Å²) in [6, 6.07) is 0. The minimum atomic E-state index is 0.759. The molecular weight excluding hydrogens is 76.1 g/mol. The summed E-state index contributed by atoms with van der Waals surface area (Å²) in [6.45, 7) is 1.78. The van der Waals surface area contributed by atoms with Gasteiger partial charge in [-0.25, -0.2) is 0 Å². The molecule has 0 amide bonds. The summed E-state index contributed by atoms with van der Waals surface area (Å²) in [5.41, 5.74) is 0.759. The third kappa shape index (κ3) is 1.64. The van der Waals surface area contributed by atoms with Crippen molar-refractivity contribution >= 4 is 11.9 Å². The Labute approximate surface area is 37.4 Å². The third-order valence-corrected chi connectivity index (χ3v) is 0.562. The number of aliphatic imine (C=N–C) groups is 1. The van der Waals surface area contributed by atoms with Crippen molar-refractivity contribution in [3.63, 3.8) is 0 Å². The van der Waals surface area contributed by atoms with Gasteiger partial charge in [0.1, 0.15) is 0 Å². The molecule has 1 N–H and O–H groups in total. The summed E-state index contributed by atoms with van der Waals surface area (Å²) in [7, 11) is 1.67. The summed E-state index contributed by atoms with van der Waals surface area (Å²) >= 11 is 0. The smallest absolute Gasteiger partial charge is 0.0489 e. The van der Waals surface area contributed by atoms with E-state index >= 15 is 0 Å². The molecule has 0 atom stereocenters. The lowest BCUT2D eigenvalue weighted by atomic mass is 10.5. The molecule has 2 heteroatoms. The molecular formula is C4H8N2. The fourth-order valence-corrected chi connectivity index (χ4v) is 0.0645. The van der Waals surface area contributed by atoms with Crippen LogP contribution in [0.15, 0.2) is 4.99 Å². The third-order valence-electron chi connectivity index (χ3n) is 0.562. The quantitative estimate of drug-likeness (QED) is 0.455. The maximum absolute atomic E-state index is 6.55. The van der Waals surface area contributed by atoms with Gasteiger partial charge in [-0.3, -0.25) is 4.99 Å². The molecule has 34 valence electrons. The van der Waals surface area contributed by atoms with E-state index in [1.807, 2.05) is 0 Å². The first-order valence-electron chi connectivity index (χ1n) is 1.75. The Bertz CT molecular complexity index is 73.6. The molecule has 0 aromatic rings. The molecule has 6 heavy (non-hydrogen) atoms. The average molecular weight is 84.1 g/mol. The van der Waals surface area contributed by atoms with Crippen molar-refractivity contribution in [1.29, 1.82) is 5.41 Å². The fourth-order valence-electron chi connectivity index (χ4n) is 0.0645. The van der Waals surface area contributed by atoms with Gasteiger partial charge < -0.3 is 5.41 Å². The zero-order valence-electron chi connectivity index (χ0n) is 4.02. The Morgan fingerprint density at radius 3 is 2.33 bits per heavy atom. The standard InChI is InChI=1S/C4H8N2/c1-4(3-5)6-2/h3,5H,1-2H3. The van der Waals surface area contributed by atoms with E-state index in [-0.39, 0.29) is 0 Å². The number of nitrogens with one attached hydrogen (secondary N) is 1. The average Bonchev–Trinajstić information content (AvgIpc) is 1.65. The Hall–Kier alpha value is -0.660. The molecule has 0 aliphatic carbocycles. The monoisotopic (exact) mass is 84.1 g/mol. The van der Waals surface area contributed by atoms with Crippen LogP contribution in [0.3, 0.4) is 0 Å². The molecule has 0 spiro atoms. The number of hydrogen-bond acceptors (Lipinski definition) is 2. The van der Waals surface area contributed by atoms with E-state index < -0.39 is 0 Å². The molecule has 0 heterocycles. The Morgan fingerprint density at radius 2 is 2.33 bits per heavy atom. The summed E-state index contributed by atoms with van der Waals surface area (Å²) in [5.74, 6) is 0. The van der Waals surface area contributed by atoms with Gasteiger partial charge in [0.2, 0.25) is 0 Å². The zero-order chi connectivity index (χ0) is 4.99. The van der Waals surface area contributed by atoms with Crippen LogP contribution < -0.4 is 0 Å². The van der Waals surface area contributed by atoms with E-state index in [9.17, 15) is 0 Å². The van der Waals surface area contributed by atoms with Crippen molar-refractivity contribution in [2.75, 3.05) is 7.05 Å². The van der Waals surface area contributed by atoms with E-state index in [0.717, 1.165) is 5.71 Å². The van der Waals surface area contributed by atoms with Crippen molar-refractivity contribution in [1.82, 2.24) is 0 Å². The van der Waals surface area contributed by atoms with Crippen LogP contribution in [-0.4, -0.2) is 19.0 Å². The van der Waals surface area contributed by atoms with Gasteiger partial charge in [0, 0.05) is 19.0 Å². The summed E-state index contributed by atoms with van der Waals surface area (Å²) < 4.78 is 0. The molecule has 0 aliphatic rings. The molecule has 0 fully saturated rings. The second-order valence-electron chi connectivity index (χ2n) is 1.01. The van der Waals surface area contributed by atoms with E-state index in [1.165, 1.54) is 6.21 Å². The SMILES string of the molecule is CN=C(C)C=N. The Morgan fingerprint density at radius 1 is 1.83 bits per heavy atom. The first-order chi connectivity index (χ1) is 2.81. The van der Waals surface area contributed by atoms with E-state index in [0.29, 0.717) is 0 Å². The predicted octanol–water partition coefficient (Wildman–Crippen LogP) is 0.727. The Kier molecular flexibility index (Phi) is 2.29. The first-order valence-corrected chi connectivity index (χ1v) is 1.75. The lowest BCUT2D eigenvalue weighted by Gasteiger charge is -1.76. The number of nitrogens with zero attached hydrogens (tertiary/aromatic N) is 1. The molecule has 0 bridgehead atoms. The summed E-state index contributed by atoms with van der Waals surface area (Å²) in [4.78, 5) is 3.68. The normalized spacial score (nSPS) is 11.3. The minimum Gasteiger partial charge on any atom is -0.307 e. The van der Waals surface area contributed by atoms with Crippen LogP contribution >= 0.6 is 0 Å². The van der Waals surface area contributed by atoms with Gasteiger partial charge in [-0.05, 0) is 6.92 Å². The maximum Gasteiger partial charge on any atom is 0.0489 e. The second kappa shape index (κ2) is 2.57. The van der Waals surface area contributed by atoms with Gasteiger partial charge in [0.05, 0.1) is 0 Å². The van der Waals surface area contributed by atoms with Gasteiger partial charge in [-0.1, -0.05) is 0 Å².